The quantitative estimate of drug-likeness (QED) is 0.878. The first-order valence-corrected chi connectivity index (χ1v) is 6.97. The molecule has 0 aliphatic heterocycles. The van der Waals surface area contributed by atoms with E-state index in [2.05, 4.69) is 9.46 Å². The van der Waals surface area contributed by atoms with E-state index in [0.29, 0.717) is 6.42 Å². The van der Waals surface area contributed by atoms with E-state index in [1.165, 1.54) is 0 Å². The highest BCUT2D eigenvalue weighted by atomic mass is 35.5. The van der Waals surface area contributed by atoms with Crippen LogP contribution in [-0.2, 0) is 10.0 Å². The first kappa shape index (κ1) is 15.1. The van der Waals surface area contributed by atoms with Gasteiger partial charge in [-0.05, 0) is 24.6 Å². The minimum absolute atomic E-state index is 0.0948. The first-order valence-electron chi connectivity index (χ1n) is 5.11. The Kier molecular flexibility index (Phi) is 5.30. The van der Waals surface area contributed by atoms with E-state index in [0.717, 1.165) is 18.2 Å². The molecule has 1 N–H and O–H groups in total. The van der Waals surface area contributed by atoms with Crippen molar-refractivity contribution in [3.63, 3.8) is 0 Å². The lowest BCUT2D eigenvalue weighted by Gasteiger charge is -2.09. The highest BCUT2D eigenvalue weighted by Gasteiger charge is 2.16. The molecule has 1 rings (SSSR count). The number of halogens is 3. The van der Waals surface area contributed by atoms with Crippen molar-refractivity contribution in [3.05, 3.63) is 23.2 Å². The molecule has 0 spiro atoms. The number of hydrogen-bond acceptors (Lipinski definition) is 3. The van der Waals surface area contributed by atoms with Gasteiger partial charge < -0.3 is 4.74 Å². The van der Waals surface area contributed by atoms with Gasteiger partial charge in [-0.25, -0.2) is 13.1 Å². The number of benzene rings is 1. The molecule has 4 nitrogen and oxygen atoms in total. The monoisotopic (exact) mass is 299 g/mol. The Hall–Kier alpha value is -0.920. The van der Waals surface area contributed by atoms with Crippen molar-refractivity contribution >= 4 is 21.6 Å². The third-order valence-electron chi connectivity index (χ3n) is 1.97. The van der Waals surface area contributed by atoms with Crippen LogP contribution in [0.25, 0.3) is 0 Å². The lowest BCUT2D eigenvalue weighted by molar-refractivity contribution is -0.0498. The molecule has 0 unspecified atom stereocenters. The fourth-order valence-corrected chi connectivity index (χ4v) is 2.61. The van der Waals surface area contributed by atoms with E-state index in [1.54, 1.807) is 0 Å². The zero-order chi connectivity index (χ0) is 13.8. The van der Waals surface area contributed by atoms with Gasteiger partial charge in [0.15, 0.2) is 0 Å². The van der Waals surface area contributed by atoms with Gasteiger partial charge in [-0.2, -0.15) is 8.78 Å². The third kappa shape index (κ3) is 4.08. The molecular weight excluding hydrogens is 288 g/mol. The second-order valence-corrected chi connectivity index (χ2v) is 5.54. The van der Waals surface area contributed by atoms with Gasteiger partial charge in [-0.1, -0.05) is 18.5 Å². The molecule has 0 saturated carbocycles. The fraction of sp³-hybridized carbons (Fsp3) is 0.400. The van der Waals surface area contributed by atoms with Gasteiger partial charge in [-0.3, -0.25) is 0 Å². The van der Waals surface area contributed by atoms with E-state index in [4.69, 9.17) is 11.6 Å². The van der Waals surface area contributed by atoms with Gasteiger partial charge in [0.05, 0.1) is 9.92 Å². The average Bonchev–Trinajstić information content (AvgIpc) is 2.28. The van der Waals surface area contributed by atoms with Crippen molar-refractivity contribution in [1.82, 2.24) is 4.72 Å². The summed E-state index contributed by atoms with van der Waals surface area (Å²) in [6.45, 7) is -0.909. The van der Waals surface area contributed by atoms with E-state index in [-0.39, 0.29) is 22.2 Å². The van der Waals surface area contributed by atoms with Crippen molar-refractivity contribution in [3.8, 4) is 5.75 Å². The number of sulfonamides is 1. The summed E-state index contributed by atoms with van der Waals surface area (Å²) in [5.41, 5.74) is 0. The summed E-state index contributed by atoms with van der Waals surface area (Å²) >= 11 is 5.66. The maximum atomic E-state index is 12.0. The SMILES string of the molecule is CCCNS(=O)(=O)c1ccc(OC(F)F)c(Cl)c1. The Morgan fingerprint density at radius 3 is 2.61 bits per heavy atom. The van der Waals surface area contributed by atoms with Gasteiger partial charge in [0.1, 0.15) is 5.75 Å². The summed E-state index contributed by atoms with van der Waals surface area (Å²) in [5, 5.41) is -0.185. The van der Waals surface area contributed by atoms with Crippen LogP contribution in [0.5, 0.6) is 5.75 Å². The van der Waals surface area contributed by atoms with Gasteiger partial charge in [0, 0.05) is 6.54 Å². The topological polar surface area (TPSA) is 55.4 Å². The Morgan fingerprint density at radius 1 is 1.44 bits per heavy atom. The van der Waals surface area contributed by atoms with Crippen LogP contribution < -0.4 is 9.46 Å². The molecule has 0 bridgehead atoms. The number of ether oxygens (including phenoxy) is 1. The molecule has 0 atom stereocenters. The predicted molar refractivity (Wildman–Crippen MR) is 63.6 cm³/mol. The van der Waals surface area contributed by atoms with Gasteiger partial charge in [-0.15, -0.1) is 0 Å². The highest BCUT2D eigenvalue weighted by molar-refractivity contribution is 7.89. The summed E-state index contributed by atoms with van der Waals surface area (Å²) in [7, 11) is -3.67. The van der Waals surface area contributed by atoms with Crippen LogP contribution in [0.1, 0.15) is 13.3 Å². The molecule has 0 aliphatic rings. The van der Waals surface area contributed by atoms with Crippen molar-refractivity contribution in [2.45, 2.75) is 24.9 Å². The van der Waals surface area contributed by atoms with E-state index in [9.17, 15) is 17.2 Å². The van der Waals surface area contributed by atoms with Crippen LogP contribution in [0.2, 0.25) is 5.02 Å². The Bertz CT molecular complexity index is 508. The largest absolute Gasteiger partial charge is 0.433 e. The first-order chi connectivity index (χ1) is 8.36. The maximum Gasteiger partial charge on any atom is 0.387 e. The zero-order valence-electron chi connectivity index (χ0n) is 9.49. The summed E-state index contributed by atoms with van der Waals surface area (Å²) < 4.78 is 53.9. The van der Waals surface area contributed by atoms with E-state index < -0.39 is 16.6 Å². The van der Waals surface area contributed by atoms with Crippen LogP contribution in [0.3, 0.4) is 0 Å². The van der Waals surface area contributed by atoms with Crippen LogP contribution >= 0.6 is 11.6 Å². The Morgan fingerprint density at radius 2 is 2.11 bits per heavy atom. The number of hydrogen-bond donors (Lipinski definition) is 1. The summed E-state index contributed by atoms with van der Waals surface area (Å²) in [6.07, 6.45) is 0.638. The molecule has 0 heterocycles. The van der Waals surface area contributed by atoms with E-state index in [1.807, 2.05) is 6.92 Å². The summed E-state index contributed by atoms with van der Waals surface area (Å²) in [6, 6.07) is 3.31. The van der Waals surface area contributed by atoms with E-state index >= 15 is 0 Å². The van der Waals surface area contributed by atoms with Gasteiger partial charge in [0.25, 0.3) is 0 Å². The molecule has 8 heteroatoms. The third-order valence-corrected chi connectivity index (χ3v) is 3.73. The van der Waals surface area contributed by atoms with Crippen LogP contribution in [-0.4, -0.2) is 21.6 Å². The summed E-state index contributed by atoms with van der Waals surface area (Å²) in [4.78, 5) is -0.0948. The van der Waals surface area contributed by atoms with Crippen LogP contribution in [0.15, 0.2) is 23.1 Å². The molecule has 18 heavy (non-hydrogen) atoms. The number of alkyl halides is 2. The number of rotatable bonds is 6. The van der Waals surface area contributed by atoms with Crippen molar-refractivity contribution in [1.29, 1.82) is 0 Å². The van der Waals surface area contributed by atoms with Crippen molar-refractivity contribution in [2.24, 2.45) is 0 Å². The molecule has 1 aromatic rings. The second-order valence-electron chi connectivity index (χ2n) is 3.37. The Labute approximate surface area is 109 Å². The molecule has 0 aromatic heterocycles. The zero-order valence-corrected chi connectivity index (χ0v) is 11.1. The molecule has 0 radical (unpaired) electrons. The molecule has 0 aliphatic carbocycles. The fourth-order valence-electron chi connectivity index (χ4n) is 1.16. The van der Waals surface area contributed by atoms with Gasteiger partial charge >= 0.3 is 6.61 Å². The minimum atomic E-state index is -3.67. The van der Waals surface area contributed by atoms with Crippen molar-refractivity contribution < 1.29 is 21.9 Å². The number of nitrogens with one attached hydrogen (secondary N) is 1. The lowest BCUT2D eigenvalue weighted by atomic mass is 10.3. The molecule has 0 amide bonds. The van der Waals surface area contributed by atoms with Gasteiger partial charge in [0.2, 0.25) is 10.0 Å². The second kappa shape index (κ2) is 6.31. The smallest absolute Gasteiger partial charge is 0.387 e. The maximum absolute atomic E-state index is 12.0. The predicted octanol–water partition coefficient (Wildman–Crippen LogP) is 2.63. The average molecular weight is 300 g/mol. The van der Waals surface area contributed by atoms with Crippen LogP contribution in [0, 0.1) is 0 Å². The van der Waals surface area contributed by atoms with Crippen LogP contribution in [0.4, 0.5) is 8.78 Å². The van der Waals surface area contributed by atoms with Crippen molar-refractivity contribution in [2.75, 3.05) is 6.54 Å². The Balaban J connectivity index is 2.97. The minimum Gasteiger partial charge on any atom is -0.433 e. The molecule has 102 valence electrons. The lowest BCUT2D eigenvalue weighted by Crippen LogP contribution is -2.24. The highest BCUT2D eigenvalue weighted by Crippen LogP contribution is 2.28. The molecule has 0 saturated heterocycles. The molecule has 0 fully saturated rings. The molecule has 1 aromatic carbocycles. The normalized spacial score (nSPS) is 11.8. The summed E-state index contributed by atoms with van der Waals surface area (Å²) in [5.74, 6) is -0.263. The molecular formula is C10H12ClF2NO3S. The standard InChI is InChI=1S/C10H12ClF2NO3S/c1-2-5-14-18(15,16)7-3-4-9(8(11)6-7)17-10(12)13/h3-4,6,10,14H,2,5H2,1H3.